The molecule has 0 atom stereocenters. The Bertz CT molecular complexity index is 1220. The van der Waals surface area contributed by atoms with Gasteiger partial charge in [-0.1, -0.05) is 49.7 Å². The first kappa shape index (κ1) is 27.1. The molecule has 37 heavy (non-hydrogen) atoms. The van der Waals surface area contributed by atoms with Gasteiger partial charge in [0.05, 0.1) is 35.2 Å². The Morgan fingerprint density at radius 3 is 2.43 bits per heavy atom. The molecule has 1 saturated carbocycles. The molecule has 1 aliphatic carbocycles. The Kier molecular flexibility index (Phi) is 7.62. The predicted molar refractivity (Wildman–Crippen MR) is 140 cm³/mol. The van der Waals surface area contributed by atoms with Gasteiger partial charge in [-0.2, -0.15) is 0 Å². The molecule has 0 spiro atoms. The van der Waals surface area contributed by atoms with Crippen LogP contribution in [0.1, 0.15) is 60.5 Å². The molecule has 0 unspecified atom stereocenters. The van der Waals surface area contributed by atoms with Gasteiger partial charge in [0.25, 0.3) is 5.91 Å². The zero-order chi connectivity index (χ0) is 27.0. The lowest BCUT2D eigenvalue weighted by atomic mass is 9.69. The monoisotopic (exact) mass is 529 g/mol. The third-order valence-corrected chi connectivity index (χ3v) is 7.85. The van der Waals surface area contributed by atoms with E-state index in [1.165, 1.54) is 20.2 Å². The molecule has 1 aliphatic heterocycles. The molecule has 2 aromatic carbocycles. The van der Waals surface area contributed by atoms with Gasteiger partial charge in [0.2, 0.25) is 5.91 Å². The van der Waals surface area contributed by atoms with E-state index in [4.69, 9.17) is 16.3 Å². The number of nitrogens with zero attached hydrogens (tertiary/aromatic N) is 1. The fraction of sp³-hybridized carbons (Fsp3) is 0.464. The summed E-state index contributed by atoms with van der Waals surface area (Å²) in [6.45, 7) is 5.73. The van der Waals surface area contributed by atoms with Crippen molar-refractivity contribution in [2.45, 2.75) is 44.4 Å². The van der Waals surface area contributed by atoms with Crippen molar-refractivity contribution in [2.24, 2.45) is 5.41 Å². The van der Waals surface area contributed by atoms with E-state index in [0.717, 1.165) is 30.0 Å². The molecular formula is C28H33ClFN3O4. The predicted octanol–water partition coefficient (Wildman–Crippen LogP) is 4.50. The largest absolute Gasteiger partial charge is 0.469 e. The van der Waals surface area contributed by atoms with Crippen molar-refractivity contribution in [3.63, 3.8) is 0 Å². The molecule has 2 amide bonds. The fourth-order valence-electron chi connectivity index (χ4n) is 5.34. The maximum absolute atomic E-state index is 14.4. The summed E-state index contributed by atoms with van der Waals surface area (Å²) in [5, 5.41) is 5.15. The standard InChI is InChI=1S/C28H33ClFN3O4/c1-17(2)18-7-5-6-8-20(18)28(15-33(16-28)14-27(9-10-27)13-24(34)37-4)26(36)32-23-12-22(30)21(29)11-19(23)25(35)31-3/h5-8,11-12,17H,9-10,13-16H2,1-4H3,(H,31,35)(H,32,36). The van der Waals surface area contributed by atoms with E-state index in [-0.39, 0.29) is 39.5 Å². The summed E-state index contributed by atoms with van der Waals surface area (Å²) in [5.74, 6) is -1.57. The van der Waals surface area contributed by atoms with Gasteiger partial charge in [0.1, 0.15) is 5.82 Å². The van der Waals surface area contributed by atoms with Crippen LogP contribution in [-0.2, 0) is 19.7 Å². The summed E-state index contributed by atoms with van der Waals surface area (Å²) in [6.07, 6.45) is 2.25. The second-order valence-electron chi connectivity index (χ2n) is 10.6. The average Bonchev–Trinajstić information content (AvgIpc) is 3.61. The first-order valence-corrected chi connectivity index (χ1v) is 12.8. The number of hydrogen-bond donors (Lipinski definition) is 2. The van der Waals surface area contributed by atoms with E-state index < -0.39 is 17.1 Å². The molecule has 2 aromatic rings. The van der Waals surface area contributed by atoms with E-state index in [0.29, 0.717) is 26.1 Å². The van der Waals surface area contributed by atoms with Crippen molar-refractivity contribution in [3.8, 4) is 0 Å². The molecule has 7 nitrogen and oxygen atoms in total. The molecule has 0 aromatic heterocycles. The maximum atomic E-state index is 14.4. The highest BCUT2D eigenvalue weighted by atomic mass is 35.5. The summed E-state index contributed by atoms with van der Waals surface area (Å²) in [6, 6.07) is 10.2. The highest BCUT2D eigenvalue weighted by Crippen LogP contribution is 2.52. The number of halogens is 2. The van der Waals surface area contributed by atoms with Crippen LogP contribution in [0.15, 0.2) is 36.4 Å². The average molecular weight is 530 g/mol. The van der Waals surface area contributed by atoms with Crippen molar-refractivity contribution in [2.75, 3.05) is 39.1 Å². The second-order valence-corrected chi connectivity index (χ2v) is 11.0. The molecule has 0 radical (unpaired) electrons. The quantitative estimate of drug-likeness (QED) is 0.467. The Hall–Kier alpha value is -2.97. The van der Waals surface area contributed by atoms with Crippen LogP contribution in [0.5, 0.6) is 0 Å². The fourth-order valence-corrected chi connectivity index (χ4v) is 5.50. The van der Waals surface area contributed by atoms with E-state index in [1.807, 2.05) is 24.3 Å². The molecule has 9 heteroatoms. The number of anilines is 1. The highest BCUT2D eigenvalue weighted by Gasteiger charge is 2.55. The Labute approximate surface area is 221 Å². The molecule has 1 saturated heterocycles. The number of hydrogen-bond acceptors (Lipinski definition) is 5. The lowest BCUT2D eigenvalue weighted by Gasteiger charge is -2.51. The molecule has 2 N–H and O–H groups in total. The molecule has 198 valence electrons. The topological polar surface area (TPSA) is 87.7 Å². The van der Waals surface area contributed by atoms with Crippen molar-refractivity contribution < 1.29 is 23.5 Å². The number of amides is 2. The molecule has 2 fully saturated rings. The van der Waals surface area contributed by atoms with Gasteiger partial charge in [0.15, 0.2) is 0 Å². The first-order valence-electron chi connectivity index (χ1n) is 12.5. The summed E-state index contributed by atoms with van der Waals surface area (Å²) in [4.78, 5) is 40.6. The maximum Gasteiger partial charge on any atom is 0.306 e. The van der Waals surface area contributed by atoms with Gasteiger partial charge in [-0.05, 0) is 47.4 Å². The SMILES string of the molecule is CNC(=O)c1cc(Cl)c(F)cc1NC(=O)C1(c2ccccc2C(C)C)CN(CC2(CC(=O)OC)CC2)C1. The molecular weight excluding hydrogens is 497 g/mol. The number of rotatable bonds is 9. The van der Waals surface area contributed by atoms with Gasteiger partial charge in [0, 0.05) is 26.7 Å². The lowest BCUT2D eigenvalue weighted by Crippen LogP contribution is -2.66. The smallest absolute Gasteiger partial charge is 0.306 e. The normalized spacial score (nSPS) is 17.6. The van der Waals surface area contributed by atoms with Gasteiger partial charge in [-0.25, -0.2) is 4.39 Å². The van der Waals surface area contributed by atoms with E-state index in [1.54, 1.807) is 0 Å². The van der Waals surface area contributed by atoms with E-state index in [2.05, 4.69) is 29.4 Å². The van der Waals surface area contributed by atoms with Crippen LogP contribution in [-0.4, -0.2) is 56.5 Å². The van der Waals surface area contributed by atoms with E-state index in [9.17, 15) is 18.8 Å². The third kappa shape index (κ3) is 5.36. The van der Waals surface area contributed by atoms with Gasteiger partial charge in [-0.15, -0.1) is 0 Å². The number of likely N-dealkylation sites (tertiary alicyclic amines) is 1. The first-order chi connectivity index (χ1) is 17.5. The summed E-state index contributed by atoms with van der Waals surface area (Å²) < 4.78 is 19.3. The van der Waals surface area contributed by atoms with Crippen LogP contribution in [0.4, 0.5) is 10.1 Å². The van der Waals surface area contributed by atoms with Gasteiger partial charge in [-0.3, -0.25) is 19.3 Å². The third-order valence-electron chi connectivity index (χ3n) is 7.56. The zero-order valence-corrected chi connectivity index (χ0v) is 22.4. The van der Waals surface area contributed by atoms with Crippen LogP contribution >= 0.6 is 11.6 Å². The number of nitrogens with one attached hydrogen (secondary N) is 2. The van der Waals surface area contributed by atoms with Crippen LogP contribution in [0.3, 0.4) is 0 Å². The van der Waals surface area contributed by atoms with Crippen LogP contribution in [0.2, 0.25) is 5.02 Å². The molecule has 2 aliphatic rings. The summed E-state index contributed by atoms with van der Waals surface area (Å²) >= 11 is 5.93. The van der Waals surface area contributed by atoms with Crippen LogP contribution in [0, 0.1) is 11.2 Å². The van der Waals surface area contributed by atoms with Gasteiger partial charge >= 0.3 is 5.97 Å². The van der Waals surface area contributed by atoms with Crippen molar-refractivity contribution >= 4 is 35.1 Å². The Morgan fingerprint density at radius 2 is 1.84 bits per heavy atom. The molecule has 4 rings (SSSR count). The van der Waals surface area contributed by atoms with Gasteiger partial charge < -0.3 is 15.4 Å². The number of carbonyl (C=O) groups is 3. The highest BCUT2D eigenvalue weighted by molar-refractivity contribution is 6.31. The number of esters is 1. The van der Waals surface area contributed by atoms with Crippen molar-refractivity contribution in [1.82, 2.24) is 10.2 Å². The second kappa shape index (κ2) is 10.4. The van der Waals surface area contributed by atoms with Crippen LogP contribution < -0.4 is 10.6 Å². The number of ether oxygens (including phenoxy) is 1. The molecule has 1 heterocycles. The van der Waals surface area contributed by atoms with Crippen molar-refractivity contribution in [3.05, 3.63) is 63.9 Å². The zero-order valence-electron chi connectivity index (χ0n) is 21.6. The van der Waals surface area contributed by atoms with E-state index >= 15 is 0 Å². The summed E-state index contributed by atoms with van der Waals surface area (Å²) in [5.41, 5.74) is 1.10. The molecule has 0 bridgehead atoms. The minimum Gasteiger partial charge on any atom is -0.469 e. The number of benzene rings is 2. The Morgan fingerprint density at radius 1 is 1.16 bits per heavy atom. The number of methoxy groups -OCH3 is 1. The summed E-state index contributed by atoms with van der Waals surface area (Å²) in [7, 11) is 2.85. The Balaban J connectivity index is 1.66. The van der Waals surface area contributed by atoms with Crippen LogP contribution in [0.25, 0.3) is 0 Å². The number of carbonyl (C=O) groups excluding carboxylic acids is 3. The lowest BCUT2D eigenvalue weighted by molar-refractivity contribution is -0.143. The van der Waals surface area contributed by atoms with Crippen molar-refractivity contribution in [1.29, 1.82) is 0 Å². The minimum absolute atomic E-state index is 0.0652. The minimum atomic E-state index is -0.904.